The number of nitrogens with zero attached hydrogens (tertiary/aromatic N) is 3. The van der Waals surface area contributed by atoms with Gasteiger partial charge in [-0.15, -0.1) is 24.0 Å². The number of rotatable bonds is 2. The van der Waals surface area contributed by atoms with Crippen LogP contribution in [0.3, 0.4) is 0 Å². The summed E-state index contributed by atoms with van der Waals surface area (Å²) in [5.74, 6) is 0.959. The van der Waals surface area contributed by atoms with Gasteiger partial charge in [-0.3, -0.25) is 4.99 Å². The van der Waals surface area contributed by atoms with Crippen LogP contribution in [0.1, 0.15) is 25.8 Å². The second-order valence-electron chi connectivity index (χ2n) is 5.73. The van der Waals surface area contributed by atoms with Crippen molar-refractivity contribution in [3.05, 3.63) is 29.0 Å². The number of guanidine groups is 1. The molecule has 1 aromatic rings. The van der Waals surface area contributed by atoms with Crippen LogP contribution in [-0.2, 0) is 6.54 Å². The highest BCUT2D eigenvalue weighted by atomic mass is 127. The number of aromatic nitrogens is 1. The first-order valence-electron chi connectivity index (χ1n) is 6.56. The third-order valence-corrected chi connectivity index (χ3v) is 3.65. The first kappa shape index (κ1) is 17.5. The van der Waals surface area contributed by atoms with Crippen LogP contribution >= 0.6 is 35.6 Å². The molecular weight excluding hydrogens is 387 g/mol. The van der Waals surface area contributed by atoms with Gasteiger partial charge in [0.2, 0.25) is 0 Å². The maximum absolute atomic E-state index is 5.77. The Morgan fingerprint density at radius 3 is 2.75 bits per heavy atom. The minimum atomic E-state index is 0. The molecule has 1 aliphatic heterocycles. The molecule has 1 saturated heterocycles. The third-order valence-electron chi connectivity index (χ3n) is 3.43. The molecule has 6 heteroatoms. The van der Waals surface area contributed by atoms with Gasteiger partial charge in [0.25, 0.3) is 0 Å². The normalized spacial score (nSPS) is 17.8. The molecule has 2 heterocycles. The fraction of sp³-hybridized carbons (Fsp3) is 0.571. The zero-order valence-electron chi connectivity index (χ0n) is 12.2. The smallest absolute Gasteiger partial charge is 0.193 e. The molecule has 112 valence electrons. The van der Waals surface area contributed by atoms with Crippen molar-refractivity contribution >= 4 is 41.5 Å². The third kappa shape index (κ3) is 4.77. The number of hydrogen-bond donors (Lipinski definition) is 1. The van der Waals surface area contributed by atoms with E-state index in [1.807, 2.05) is 13.1 Å². The summed E-state index contributed by atoms with van der Waals surface area (Å²) in [6, 6.07) is 3.78. The second-order valence-corrected chi connectivity index (χ2v) is 6.11. The minimum Gasteiger partial charge on any atom is -0.352 e. The van der Waals surface area contributed by atoms with E-state index in [4.69, 9.17) is 11.6 Å². The van der Waals surface area contributed by atoms with Crippen molar-refractivity contribution in [2.24, 2.45) is 10.4 Å². The lowest BCUT2D eigenvalue weighted by Crippen LogP contribution is -2.40. The molecule has 0 radical (unpaired) electrons. The second kappa shape index (κ2) is 7.45. The Morgan fingerprint density at radius 2 is 2.25 bits per heavy atom. The summed E-state index contributed by atoms with van der Waals surface area (Å²) in [6.45, 7) is 7.41. The lowest BCUT2D eigenvalue weighted by atomic mass is 9.93. The lowest BCUT2D eigenvalue weighted by molar-refractivity contribution is 0.370. The van der Waals surface area contributed by atoms with Gasteiger partial charge < -0.3 is 10.2 Å². The zero-order chi connectivity index (χ0) is 13.9. The van der Waals surface area contributed by atoms with Gasteiger partial charge >= 0.3 is 0 Å². The van der Waals surface area contributed by atoms with E-state index in [2.05, 4.69) is 34.0 Å². The molecule has 0 amide bonds. The number of likely N-dealkylation sites (tertiary alicyclic amines) is 1. The van der Waals surface area contributed by atoms with E-state index in [9.17, 15) is 0 Å². The van der Waals surface area contributed by atoms with E-state index < -0.39 is 0 Å². The highest BCUT2D eigenvalue weighted by Gasteiger charge is 2.30. The summed E-state index contributed by atoms with van der Waals surface area (Å²) in [4.78, 5) is 10.7. The Kier molecular flexibility index (Phi) is 6.51. The molecule has 20 heavy (non-hydrogen) atoms. The summed E-state index contributed by atoms with van der Waals surface area (Å²) in [7, 11) is 1.83. The van der Waals surface area contributed by atoms with Crippen LogP contribution in [0, 0.1) is 5.41 Å². The summed E-state index contributed by atoms with van der Waals surface area (Å²) < 4.78 is 0. The predicted octanol–water partition coefficient (Wildman–Crippen LogP) is 3.16. The monoisotopic (exact) mass is 408 g/mol. The fourth-order valence-electron chi connectivity index (χ4n) is 2.32. The molecule has 1 N–H and O–H groups in total. The van der Waals surface area contributed by atoms with Crippen molar-refractivity contribution in [3.8, 4) is 0 Å². The average Bonchev–Trinajstić information content (AvgIpc) is 2.73. The highest BCUT2D eigenvalue weighted by Crippen LogP contribution is 2.28. The molecular formula is C14H22ClIN4. The van der Waals surface area contributed by atoms with Crippen LogP contribution in [0.25, 0.3) is 0 Å². The molecule has 2 rings (SSSR count). The summed E-state index contributed by atoms with van der Waals surface area (Å²) in [5, 5.41) is 3.90. The van der Waals surface area contributed by atoms with Crippen molar-refractivity contribution in [3.63, 3.8) is 0 Å². The maximum Gasteiger partial charge on any atom is 0.193 e. The number of pyridine rings is 1. The van der Waals surface area contributed by atoms with E-state index in [0.717, 1.165) is 24.6 Å². The van der Waals surface area contributed by atoms with Gasteiger partial charge in [0, 0.05) is 32.9 Å². The van der Waals surface area contributed by atoms with Crippen LogP contribution in [0.2, 0.25) is 5.15 Å². The molecule has 4 nitrogen and oxygen atoms in total. The fourth-order valence-corrected chi connectivity index (χ4v) is 2.43. The standard InChI is InChI=1S/C14H21ClN4.HI/c1-14(2)6-7-19(10-14)13(16-3)18-9-11-4-5-12(15)17-8-11;/h4-5,8H,6-7,9-10H2,1-3H3,(H,16,18);1H. The van der Waals surface area contributed by atoms with Gasteiger partial charge in [0.1, 0.15) is 5.15 Å². The number of nitrogens with one attached hydrogen (secondary N) is 1. The molecule has 0 bridgehead atoms. The highest BCUT2D eigenvalue weighted by molar-refractivity contribution is 14.0. The van der Waals surface area contributed by atoms with Crippen molar-refractivity contribution in [2.75, 3.05) is 20.1 Å². The van der Waals surface area contributed by atoms with Crippen LogP contribution in [0.5, 0.6) is 0 Å². The van der Waals surface area contributed by atoms with Gasteiger partial charge in [-0.1, -0.05) is 31.5 Å². The Balaban J connectivity index is 0.00000200. The number of hydrogen-bond acceptors (Lipinski definition) is 2. The molecule has 0 unspecified atom stereocenters. The van der Waals surface area contributed by atoms with Crippen LogP contribution in [-0.4, -0.2) is 36.0 Å². The largest absolute Gasteiger partial charge is 0.352 e. The number of halogens is 2. The van der Waals surface area contributed by atoms with Crippen molar-refractivity contribution < 1.29 is 0 Å². The Bertz CT molecular complexity index is 459. The van der Waals surface area contributed by atoms with E-state index >= 15 is 0 Å². The summed E-state index contributed by atoms with van der Waals surface area (Å²) >= 11 is 5.77. The quantitative estimate of drug-likeness (QED) is 0.354. The van der Waals surface area contributed by atoms with Crippen molar-refractivity contribution in [1.82, 2.24) is 15.2 Å². The Morgan fingerprint density at radius 1 is 1.50 bits per heavy atom. The Labute approximate surface area is 143 Å². The van der Waals surface area contributed by atoms with Gasteiger partial charge in [-0.25, -0.2) is 4.98 Å². The van der Waals surface area contributed by atoms with E-state index in [1.54, 1.807) is 12.3 Å². The SMILES string of the molecule is CN=C(NCc1ccc(Cl)nc1)N1CCC(C)(C)C1.I. The first-order valence-corrected chi connectivity index (χ1v) is 6.94. The molecule has 0 atom stereocenters. The van der Waals surface area contributed by atoms with Gasteiger partial charge in [-0.2, -0.15) is 0 Å². The topological polar surface area (TPSA) is 40.5 Å². The molecule has 1 fully saturated rings. The van der Waals surface area contributed by atoms with Gasteiger partial charge in [0.15, 0.2) is 5.96 Å². The van der Waals surface area contributed by atoms with Gasteiger partial charge in [0.05, 0.1) is 0 Å². The van der Waals surface area contributed by atoms with Crippen LogP contribution < -0.4 is 5.32 Å². The predicted molar refractivity (Wildman–Crippen MR) is 94.8 cm³/mol. The van der Waals surface area contributed by atoms with Crippen molar-refractivity contribution in [2.45, 2.75) is 26.8 Å². The molecule has 0 saturated carbocycles. The van der Waals surface area contributed by atoms with Crippen molar-refractivity contribution in [1.29, 1.82) is 0 Å². The van der Waals surface area contributed by atoms with Crippen LogP contribution in [0.15, 0.2) is 23.3 Å². The van der Waals surface area contributed by atoms with E-state index in [1.165, 1.54) is 6.42 Å². The molecule has 0 spiro atoms. The zero-order valence-corrected chi connectivity index (χ0v) is 15.3. The van der Waals surface area contributed by atoms with Crippen LogP contribution in [0.4, 0.5) is 0 Å². The molecule has 1 aliphatic rings. The molecule has 0 aromatic carbocycles. The summed E-state index contributed by atoms with van der Waals surface area (Å²) in [5.41, 5.74) is 1.48. The van der Waals surface area contributed by atoms with E-state index in [0.29, 0.717) is 17.1 Å². The van der Waals surface area contributed by atoms with E-state index in [-0.39, 0.29) is 24.0 Å². The summed E-state index contributed by atoms with van der Waals surface area (Å²) in [6.07, 6.45) is 2.99. The maximum atomic E-state index is 5.77. The first-order chi connectivity index (χ1) is 9.00. The minimum absolute atomic E-state index is 0. The molecule has 1 aromatic heterocycles. The Hall–Kier alpha value is -0.560. The number of aliphatic imine (C=N–C) groups is 1. The molecule has 0 aliphatic carbocycles. The van der Waals surface area contributed by atoms with Gasteiger partial charge in [-0.05, 0) is 23.5 Å². The lowest BCUT2D eigenvalue weighted by Gasteiger charge is -2.23. The average molecular weight is 409 g/mol.